The van der Waals surface area contributed by atoms with Crippen LogP contribution in [0, 0.1) is 5.92 Å². The number of ether oxygens (including phenoxy) is 1. The third-order valence-electron chi connectivity index (χ3n) is 2.82. The highest BCUT2D eigenvalue weighted by molar-refractivity contribution is 5.83. The number of nitrogens with one attached hydrogen (secondary N) is 1. The van der Waals surface area contributed by atoms with Crippen molar-refractivity contribution in [3.63, 3.8) is 0 Å². The minimum Gasteiger partial charge on any atom is -0.377 e. The van der Waals surface area contributed by atoms with Gasteiger partial charge in [0.25, 0.3) is 0 Å². The normalized spacial score (nSPS) is 26.2. The summed E-state index contributed by atoms with van der Waals surface area (Å²) in [5, 5.41) is 3.31. The topological polar surface area (TPSA) is 41.6 Å². The second-order valence-corrected chi connectivity index (χ2v) is 5.03. The summed E-state index contributed by atoms with van der Waals surface area (Å²) < 4.78 is 5.49. The standard InChI is InChI=1S/C12H24N2O2/c1-8(2)11-13-10(5)12(15)14(11)6-7-16-9(3)4/h8-11,13H,6-7H2,1-5H3. The Morgan fingerprint density at radius 3 is 2.50 bits per heavy atom. The maximum atomic E-state index is 11.9. The van der Waals surface area contributed by atoms with Crippen molar-refractivity contribution in [2.24, 2.45) is 5.92 Å². The summed E-state index contributed by atoms with van der Waals surface area (Å²) in [6, 6.07) is -0.0635. The zero-order valence-electron chi connectivity index (χ0n) is 11.0. The molecule has 2 atom stereocenters. The Labute approximate surface area is 98.3 Å². The maximum Gasteiger partial charge on any atom is 0.240 e. The summed E-state index contributed by atoms with van der Waals surface area (Å²) in [6.07, 6.45) is 0.374. The first-order valence-corrected chi connectivity index (χ1v) is 6.11. The molecule has 0 aromatic carbocycles. The van der Waals surface area contributed by atoms with Gasteiger partial charge in [-0.2, -0.15) is 0 Å². The summed E-state index contributed by atoms with van der Waals surface area (Å²) in [5.74, 6) is 0.610. The zero-order valence-corrected chi connectivity index (χ0v) is 11.0. The van der Waals surface area contributed by atoms with E-state index in [1.54, 1.807) is 0 Å². The summed E-state index contributed by atoms with van der Waals surface area (Å²) >= 11 is 0. The lowest BCUT2D eigenvalue weighted by Crippen LogP contribution is -2.43. The van der Waals surface area contributed by atoms with Crippen LogP contribution in [0.2, 0.25) is 0 Å². The Balaban J connectivity index is 2.50. The molecular formula is C12H24N2O2. The first-order chi connectivity index (χ1) is 7.43. The third-order valence-corrected chi connectivity index (χ3v) is 2.82. The van der Waals surface area contributed by atoms with Crippen molar-refractivity contribution in [1.29, 1.82) is 0 Å². The fourth-order valence-electron chi connectivity index (χ4n) is 1.99. The highest BCUT2D eigenvalue weighted by atomic mass is 16.5. The van der Waals surface area contributed by atoms with E-state index in [0.717, 1.165) is 0 Å². The number of nitrogens with zero attached hydrogens (tertiary/aromatic N) is 1. The Morgan fingerprint density at radius 2 is 2.00 bits per heavy atom. The number of carbonyl (C=O) groups is 1. The van der Waals surface area contributed by atoms with Crippen molar-refractivity contribution in [1.82, 2.24) is 10.2 Å². The van der Waals surface area contributed by atoms with Crippen LogP contribution in [0.1, 0.15) is 34.6 Å². The molecule has 1 fully saturated rings. The first-order valence-electron chi connectivity index (χ1n) is 6.11. The molecule has 1 amide bonds. The van der Waals surface area contributed by atoms with Gasteiger partial charge >= 0.3 is 0 Å². The van der Waals surface area contributed by atoms with E-state index in [4.69, 9.17) is 4.74 Å². The van der Waals surface area contributed by atoms with Crippen LogP contribution in [0.5, 0.6) is 0 Å². The van der Waals surface area contributed by atoms with E-state index in [1.807, 2.05) is 25.7 Å². The van der Waals surface area contributed by atoms with E-state index < -0.39 is 0 Å². The molecule has 0 saturated carbocycles. The van der Waals surface area contributed by atoms with E-state index in [1.165, 1.54) is 0 Å². The molecule has 1 N–H and O–H groups in total. The second-order valence-electron chi connectivity index (χ2n) is 5.03. The van der Waals surface area contributed by atoms with Crippen LogP contribution in [0.15, 0.2) is 0 Å². The lowest BCUT2D eigenvalue weighted by molar-refractivity contribution is -0.131. The lowest BCUT2D eigenvalue weighted by Gasteiger charge is -2.27. The number of rotatable bonds is 5. The predicted molar refractivity (Wildman–Crippen MR) is 64.0 cm³/mol. The van der Waals surface area contributed by atoms with Crippen molar-refractivity contribution >= 4 is 5.91 Å². The summed E-state index contributed by atoms with van der Waals surface area (Å²) in [4.78, 5) is 13.8. The molecule has 1 saturated heterocycles. The minimum absolute atomic E-state index is 0.0635. The van der Waals surface area contributed by atoms with Crippen LogP contribution < -0.4 is 5.32 Å². The smallest absolute Gasteiger partial charge is 0.240 e. The van der Waals surface area contributed by atoms with Crippen molar-refractivity contribution in [2.45, 2.75) is 52.9 Å². The molecule has 0 bridgehead atoms. The average molecular weight is 228 g/mol. The minimum atomic E-state index is -0.0635. The largest absolute Gasteiger partial charge is 0.377 e. The predicted octanol–water partition coefficient (Wildman–Crippen LogP) is 1.21. The molecule has 0 aromatic heterocycles. The van der Waals surface area contributed by atoms with Crippen molar-refractivity contribution in [3.8, 4) is 0 Å². The van der Waals surface area contributed by atoms with Gasteiger partial charge in [0.2, 0.25) is 5.91 Å². The van der Waals surface area contributed by atoms with Crippen molar-refractivity contribution in [3.05, 3.63) is 0 Å². The summed E-state index contributed by atoms with van der Waals surface area (Å²) in [6.45, 7) is 11.5. The van der Waals surface area contributed by atoms with E-state index in [9.17, 15) is 4.79 Å². The van der Waals surface area contributed by atoms with E-state index in [0.29, 0.717) is 19.1 Å². The number of amides is 1. The molecule has 4 nitrogen and oxygen atoms in total. The van der Waals surface area contributed by atoms with E-state index in [-0.39, 0.29) is 24.2 Å². The second kappa shape index (κ2) is 5.64. The Bertz CT molecular complexity index is 241. The molecule has 1 heterocycles. The highest BCUT2D eigenvalue weighted by Gasteiger charge is 2.37. The van der Waals surface area contributed by atoms with Gasteiger partial charge < -0.3 is 9.64 Å². The zero-order chi connectivity index (χ0) is 12.3. The molecule has 1 aliphatic heterocycles. The van der Waals surface area contributed by atoms with Crippen LogP contribution in [0.4, 0.5) is 0 Å². The van der Waals surface area contributed by atoms with E-state index >= 15 is 0 Å². The van der Waals surface area contributed by atoms with E-state index in [2.05, 4.69) is 19.2 Å². The maximum absolute atomic E-state index is 11.9. The highest BCUT2D eigenvalue weighted by Crippen LogP contribution is 2.16. The Morgan fingerprint density at radius 1 is 1.38 bits per heavy atom. The molecule has 2 unspecified atom stereocenters. The number of carbonyl (C=O) groups excluding carboxylic acids is 1. The number of hydrogen-bond donors (Lipinski definition) is 1. The molecule has 0 aliphatic carbocycles. The summed E-state index contributed by atoms with van der Waals surface area (Å²) in [7, 11) is 0. The molecule has 0 spiro atoms. The average Bonchev–Trinajstić information content (AvgIpc) is 2.45. The third kappa shape index (κ3) is 3.19. The van der Waals surface area contributed by atoms with Crippen molar-refractivity contribution < 1.29 is 9.53 Å². The van der Waals surface area contributed by atoms with Crippen LogP contribution >= 0.6 is 0 Å². The fourth-order valence-corrected chi connectivity index (χ4v) is 1.99. The SMILES string of the molecule is CC(C)OCCN1C(=O)C(C)NC1C(C)C. The van der Waals surface area contributed by atoms with Gasteiger partial charge in [0.1, 0.15) is 0 Å². The molecule has 0 aromatic rings. The van der Waals surface area contributed by atoms with Crippen LogP contribution in [0.3, 0.4) is 0 Å². The fraction of sp³-hybridized carbons (Fsp3) is 0.917. The first kappa shape index (κ1) is 13.5. The van der Waals surface area contributed by atoms with Gasteiger partial charge in [-0.3, -0.25) is 10.1 Å². The van der Waals surface area contributed by atoms with Gasteiger partial charge in [0, 0.05) is 6.54 Å². The lowest BCUT2D eigenvalue weighted by atomic mass is 10.1. The molecule has 4 heteroatoms. The van der Waals surface area contributed by atoms with Gasteiger partial charge in [-0.15, -0.1) is 0 Å². The monoisotopic (exact) mass is 228 g/mol. The van der Waals surface area contributed by atoms with Gasteiger partial charge in [-0.1, -0.05) is 13.8 Å². The molecule has 94 valence electrons. The molecule has 16 heavy (non-hydrogen) atoms. The van der Waals surface area contributed by atoms with Gasteiger partial charge in [0.05, 0.1) is 24.9 Å². The molecule has 1 aliphatic rings. The van der Waals surface area contributed by atoms with Crippen LogP contribution in [-0.4, -0.2) is 42.3 Å². The molecule has 0 radical (unpaired) electrons. The summed E-state index contributed by atoms with van der Waals surface area (Å²) in [5.41, 5.74) is 0. The van der Waals surface area contributed by atoms with Gasteiger partial charge in [-0.25, -0.2) is 0 Å². The van der Waals surface area contributed by atoms with Crippen molar-refractivity contribution in [2.75, 3.05) is 13.2 Å². The van der Waals surface area contributed by atoms with Crippen LogP contribution in [-0.2, 0) is 9.53 Å². The Hall–Kier alpha value is -0.610. The van der Waals surface area contributed by atoms with Crippen LogP contribution in [0.25, 0.3) is 0 Å². The number of hydrogen-bond acceptors (Lipinski definition) is 3. The van der Waals surface area contributed by atoms with Gasteiger partial charge in [-0.05, 0) is 26.7 Å². The molecular weight excluding hydrogens is 204 g/mol. The Kier molecular flexibility index (Phi) is 4.74. The van der Waals surface area contributed by atoms with Gasteiger partial charge in [0.15, 0.2) is 0 Å². The quantitative estimate of drug-likeness (QED) is 0.769. The molecule has 1 rings (SSSR count).